The van der Waals surface area contributed by atoms with Gasteiger partial charge in [0.05, 0.1) is 6.10 Å². The van der Waals surface area contributed by atoms with Crippen LogP contribution in [0.2, 0.25) is 0 Å². The second kappa shape index (κ2) is 4.45. The van der Waals surface area contributed by atoms with Gasteiger partial charge in [-0.05, 0) is 43.9 Å². The number of nitrogens with zero attached hydrogens (tertiary/aromatic N) is 2. The summed E-state index contributed by atoms with van der Waals surface area (Å²) in [6, 6.07) is 1.04. The summed E-state index contributed by atoms with van der Waals surface area (Å²) in [7, 11) is 0. The Morgan fingerprint density at radius 1 is 1.05 bits per heavy atom. The molecule has 4 fully saturated rings. The lowest BCUT2D eigenvalue weighted by atomic mass is 9.70. The van der Waals surface area contributed by atoms with E-state index in [2.05, 4.69) is 9.80 Å². The highest BCUT2D eigenvalue weighted by molar-refractivity contribution is 5.77. The van der Waals surface area contributed by atoms with Crippen LogP contribution in [-0.2, 0) is 4.79 Å². The fraction of sp³-hybridized carbons (Fsp3) is 0.933. The summed E-state index contributed by atoms with van der Waals surface area (Å²) >= 11 is 0. The summed E-state index contributed by atoms with van der Waals surface area (Å²) in [6.45, 7) is 3.16. The normalized spacial score (nSPS) is 46.7. The maximum absolute atomic E-state index is 12.1. The number of amides is 1. The Morgan fingerprint density at radius 2 is 1.89 bits per heavy atom. The molecular formula is C15H24N2O2. The molecule has 4 aliphatic heterocycles. The Morgan fingerprint density at radius 3 is 2.79 bits per heavy atom. The van der Waals surface area contributed by atoms with Gasteiger partial charge in [-0.2, -0.15) is 0 Å². The van der Waals surface area contributed by atoms with E-state index >= 15 is 0 Å². The number of aliphatic hydroxyl groups is 1. The van der Waals surface area contributed by atoms with E-state index < -0.39 is 0 Å². The van der Waals surface area contributed by atoms with Gasteiger partial charge in [-0.3, -0.25) is 9.69 Å². The topological polar surface area (TPSA) is 43.8 Å². The first-order valence-electron chi connectivity index (χ1n) is 7.94. The lowest BCUT2D eigenvalue weighted by molar-refractivity contribution is -0.150. The summed E-state index contributed by atoms with van der Waals surface area (Å²) in [6.07, 6.45) is 6.07. The van der Waals surface area contributed by atoms with Crippen LogP contribution in [0.4, 0.5) is 0 Å². The van der Waals surface area contributed by atoms with Crippen LogP contribution < -0.4 is 0 Å². The zero-order valence-electron chi connectivity index (χ0n) is 11.5. The first-order valence-corrected chi connectivity index (χ1v) is 7.94. The van der Waals surface area contributed by atoms with E-state index in [1.165, 1.54) is 12.8 Å². The molecule has 4 rings (SSSR count). The molecule has 0 saturated carbocycles. The molecule has 2 bridgehead atoms. The molecule has 4 aliphatic rings. The molecular weight excluding hydrogens is 240 g/mol. The summed E-state index contributed by atoms with van der Waals surface area (Å²) in [5.74, 6) is 1.68. The summed E-state index contributed by atoms with van der Waals surface area (Å²) in [5.41, 5.74) is 0. The minimum atomic E-state index is -0.118. The van der Waals surface area contributed by atoms with Gasteiger partial charge < -0.3 is 10.0 Å². The number of hydrogen-bond acceptors (Lipinski definition) is 3. The van der Waals surface area contributed by atoms with E-state index in [0.29, 0.717) is 29.8 Å². The molecule has 19 heavy (non-hydrogen) atoms. The zero-order valence-corrected chi connectivity index (χ0v) is 11.5. The van der Waals surface area contributed by atoms with Gasteiger partial charge in [-0.1, -0.05) is 0 Å². The van der Waals surface area contributed by atoms with Gasteiger partial charge in [0, 0.05) is 38.1 Å². The van der Waals surface area contributed by atoms with Crippen LogP contribution in [0, 0.1) is 11.8 Å². The predicted octanol–water partition coefficient (Wildman–Crippen LogP) is 0.843. The van der Waals surface area contributed by atoms with Crippen molar-refractivity contribution in [2.24, 2.45) is 11.8 Å². The fourth-order valence-electron chi connectivity index (χ4n) is 5.07. The van der Waals surface area contributed by atoms with Crippen LogP contribution in [0.15, 0.2) is 0 Å². The molecule has 106 valence electrons. The molecule has 1 amide bonds. The van der Waals surface area contributed by atoms with E-state index in [1.54, 1.807) is 0 Å². The van der Waals surface area contributed by atoms with Gasteiger partial charge in [0.2, 0.25) is 5.91 Å². The van der Waals surface area contributed by atoms with E-state index in [1.807, 2.05) is 0 Å². The van der Waals surface area contributed by atoms with Crippen LogP contribution in [-0.4, -0.2) is 58.6 Å². The van der Waals surface area contributed by atoms with Crippen LogP contribution in [0.25, 0.3) is 0 Å². The molecule has 0 unspecified atom stereocenters. The second-order valence-corrected chi connectivity index (χ2v) is 7.00. The first kappa shape index (κ1) is 12.2. The van der Waals surface area contributed by atoms with E-state index in [4.69, 9.17) is 0 Å². The van der Waals surface area contributed by atoms with E-state index in [-0.39, 0.29) is 6.10 Å². The van der Waals surface area contributed by atoms with Crippen LogP contribution in [0.3, 0.4) is 0 Å². The number of aliphatic hydroxyl groups excluding tert-OH is 1. The molecule has 4 heteroatoms. The Bertz CT molecular complexity index is 386. The smallest absolute Gasteiger partial charge is 0.222 e. The average molecular weight is 264 g/mol. The largest absolute Gasteiger partial charge is 0.393 e. The van der Waals surface area contributed by atoms with Crippen LogP contribution in [0.5, 0.6) is 0 Å². The maximum Gasteiger partial charge on any atom is 0.222 e. The second-order valence-electron chi connectivity index (χ2n) is 7.00. The molecule has 0 aromatic carbocycles. The van der Waals surface area contributed by atoms with Crippen molar-refractivity contribution in [3.8, 4) is 0 Å². The highest BCUT2D eigenvalue weighted by Gasteiger charge is 2.48. The Kier molecular flexibility index (Phi) is 2.85. The van der Waals surface area contributed by atoms with Crippen molar-refractivity contribution in [3.05, 3.63) is 0 Å². The summed E-state index contributed by atoms with van der Waals surface area (Å²) in [5, 5.41) is 9.92. The fourth-order valence-corrected chi connectivity index (χ4v) is 5.07. The molecule has 0 aliphatic carbocycles. The van der Waals surface area contributed by atoms with Crippen molar-refractivity contribution in [2.75, 3.05) is 19.6 Å². The van der Waals surface area contributed by atoms with Crippen molar-refractivity contribution < 1.29 is 9.90 Å². The molecule has 0 spiro atoms. The number of fused-ring (bicyclic) bond motifs is 6. The van der Waals surface area contributed by atoms with E-state index in [9.17, 15) is 9.90 Å². The number of piperidine rings is 4. The van der Waals surface area contributed by atoms with Gasteiger partial charge in [0.1, 0.15) is 0 Å². The van der Waals surface area contributed by atoms with Gasteiger partial charge in [0.15, 0.2) is 0 Å². The third kappa shape index (κ3) is 1.91. The van der Waals surface area contributed by atoms with Crippen molar-refractivity contribution in [1.29, 1.82) is 0 Å². The number of rotatable bonds is 0. The summed E-state index contributed by atoms with van der Waals surface area (Å²) in [4.78, 5) is 17.0. The lowest BCUT2D eigenvalue weighted by Crippen LogP contribution is -2.65. The number of hydrogen-bond donors (Lipinski definition) is 1. The molecule has 4 saturated heterocycles. The lowest BCUT2D eigenvalue weighted by Gasteiger charge is -2.57. The highest BCUT2D eigenvalue weighted by atomic mass is 16.3. The van der Waals surface area contributed by atoms with Crippen molar-refractivity contribution in [3.63, 3.8) is 0 Å². The van der Waals surface area contributed by atoms with Crippen molar-refractivity contribution in [2.45, 2.75) is 56.7 Å². The molecule has 0 aromatic rings. The first-order chi connectivity index (χ1) is 9.22. The Hall–Kier alpha value is -0.610. The van der Waals surface area contributed by atoms with Gasteiger partial charge in [-0.15, -0.1) is 0 Å². The summed E-state index contributed by atoms with van der Waals surface area (Å²) < 4.78 is 0. The third-order valence-corrected chi connectivity index (χ3v) is 5.94. The monoisotopic (exact) mass is 264 g/mol. The molecule has 4 heterocycles. The molecule has 5 atom stereocenters. The van der Waals surface area contributed by atoms with Crippen LogP contribution >= 0.6 is 0 Å². The number of carbonyl (C=O) groups is 1. The molecule has 1 N–H and O–H groups in total. The SMILES string of the molecule is O=C1CCC[C@H]2[C@H]3C[C@H](CN12)[C@H]1C[C@H](O)CCN1C3. The van der Waals surface area contributed by atoms with Gasteiger partial charge in [-0.25, -0.2) is 0 Å². The zero-order chi connectivity index (χ0) is 13.0. The highest BCUT2D eigenvalue weighted by Crippen LogP contribution is 2.42. The minimum Gasteiger partial charge on any atom is -0.393 e. The standard InChI is InChI=1S/C15H24N2O2/c18-12-4-5-16-8-10-6-11(14(16)7-12)9-17-13(10)2-1-3-15(17)19/h10-14,18H,1-9H2/t10-,11+,12+,13-,14+/m0/s1. The van der Waals surface area contributed by atoms with Gasteiger partial charge >= 0.3 is 0 Å². The predicted molar refractivity (Wildman–Crippen MR) is 71.6 cm³/mol. The molecule has 4 nitrogen and oxygen atoms in total. The maximum atomic E-state index is 12.1. The quantitative estimate of drug-likeness (QED) is 0.705. The third-order valence-electron chi connectivity index (χ3n) is 5.94. The molecule has 0 radical (unpaired) electrons. The average Bonchev–Trinajstić information content (AvgIpc) is 2.41. The Labute approximate surface area is 114 Å². The van der Waals surface area contributed by atoms with Gasteiger partial charge in [0.25, 0.3) is 0 Å². The van der Waals surface area contributed by atoms with Crippen LogP contribution in [0.1, 0.15) is 38.5 Å². The molecule has 0 aromatic heterocycles. The minimum absolute atomic E-state index is 0.118. The van der Waals surface area contributed by atoms with Crippen molar-refractivity contribution in [1.82, 2.24) is 9.80 Å². The number of carbonyl (C=O) groups excluding carboxylic acids is 1. The Balaban J connectivity index is 1.58. The van der Waals surface area contributed by atoms with E-state index in [0.717, 1.165) is 45.3 Å². The van der Waals surface area contributed by atoms with Crippen molar-refractivity contribution >= 4 is 5.91 Å².